The number of benzene rings is 1. The fourth-order valence-corrected chi connectivity index (χ4v) is 1.56. The third kappa shape index (κ3) is 3.80. The van der Waals surface area contributed by atoms with Crippen LogP contribution in [-0.4, -0.2) is 27.7 Å². The lowest BCUT2D eigenvalue weighted by molar-refractivity contribution is -0.115. The summed E-state index contributed by atoms with van der Waals surface area (Å²) in [5, 5.41) is 9.04. The molecular weight excluding hydrogens is 244 g/mol. The molecule has 100 valence electrons. The molecule has 2 rings (SSSR count). The number of anilines is 1. The first-order chi connectivity index (χ1) is 9.17. The Morgan fingerprint density at radius 3 is 2.79 bits per heavy atom. The maximum Gasteiger partial charge on any atom is 0.337 e. The third-order valence-electron chi connectivity index (χ3n) is 2.48. The van der Waals surface area contributed by atoms with E-state index in [1.165, 1.54) is 5.56 Å². The molecule has 6 nitrogen and oxygen atoms in total. The van der Waals surface area contributed by atoms with Crippen molar-refractivity contribution in [2.45, 2.75) is 20.3 Å². The molecule has 6 heteroatoms. The van der Waals surface area contributed by atoms with Crippen molar-refractivity contribution in [2.24, 2.45) is 0 Å². The number of rotatable bonds is 5. The molecule has 0 unspecified atom stereocenters. The maximum atomic E-state index is 11.8. The Morgan fingerprint density at radius 1 is 1.37 bits per heavy atom. The summed E-state index contributed by atoms with van der Waals surface area (Å²) in [6.07, 6.45) is 0.297. The first-order valence-corrected chi connectivity index (χ1v) is 6.08. The zero-order chi connectivity index (χ0) is 13.7. The molecule has 0 aliphatic carbocycles. The van der Waals surface area contributed by atoms with Crippen molar-refractivity contribution in [1.82, 2.24) is 15.2 Å². The molecule has 2 aromatic rings. The Hall–Kier alpha value is -2.37. The second-order valence-electron chi connectivity index (χ2n) is 4.11. The van der Waals surface area contributed by atoms with Crippen LogP contribution in [0.15, 0.2) is 24.3 Å². The van der Waals surface area contributed by atoms with Gasteiger partial charge in [0.15, 0.2) is 0 Å². The second kappa shape index (κ2) is 5.99. The van der Waals surface area contributed by atoms with Crippen LogP contribution in [0.4, 0.5) is 5.95 Å². The maximum absolute atomic E-state index is 11.8. The minimum absolute atomic E-state index is 0.150. The molecule has 0 radical (unpaired) electrons. The molecule has 0 spiro atoms. The number of carbonyl (C=O) groups excluding carboxylic acids is 1. The van der Waals surface area contributed by atoms with Gasteiger partial charge in [0.1, 0.15) is 0 Å². The summed E-state index contributed by atoms with van der Waals surface area (Å²) >= 11 is 0. The van der Waals surface area contributed by atoms with Gasteiger partial charge in [-0.2, -0.15) is 4.98 Å². The number of aromatic nitrogens is 3. The number of hydrogen-bond donors (Lipinski definition) is 2. The topological polar surface area (TPSA) is 79.9 Å². The Morgan fingerprint density at radius 2 is 2.11 bits per heavy atom. The smallest absolute Gasteiger partial charge is 0.337 e. The highest BCUT2D eigenvalue weighted by Crippen LogP contribution is 2.08. The van der Waals surface area contributed by atoms with Gasteiger partial charge in [0.05, 0.1) is 13.0 Å². The molecule has 1 aromatic carbocycles. The Kier molecular flexibility index (Phi) is 4.12. The summed E-state index contributed by atoms with van der Waals surface area (Å²) in [5.74, 6) is 0.142. The molecule has 0 aliphatic rings. The molecule has 1 heterocycles. The summed E-state index contributed by atoms with van der Waals surface area (Å²) in [6, 6.07) is 8.05. The molecule has 0 atom stereocenters. The Balaban J connectivity index is 1.91. The number of aryl methyl sites for hydroxylation is 1. The van der Waals surface area contributed by atoms with Crippen molar-refractivity contribution in [2.75, 3.05) is 11.9 Å². The van der Waals surface area contributed by atoms with Crippen LogP contribution in [-0.2, 0) is 11.2 Å². The molecular formula is C13H16N4O2. The van der Waals surface area contributed by atoms with Crippen molar-refractivity contribution in [1.29, 1.82) is 0 Å². The summed E-state index contributed by atoms with van der Waals surface area (Å²) in [5.41, 5.74) is 2.12. The molecule has 0 saturated carbocycles. The van der Waals surface area contributed by atoms with E-state index in [2.05, 4.69) is 20.5 Å². The summed E-state index contributed by atoms with van der Waals surface area (Å²) < 4.78 is 5.09. The van der Waals surface area contributed by atoms with E-state index >= 15 is 0 Å². The summed E-state index contributed by atoms with van der Waals surface area (Å²) in [4.78, 5) is 15.8. The number of amides is 1. The van der Waals surface area contributed by atoms with Gasteiger partial charge in [0.2, 0.25) is 11.9 Å². The van der Waals surface area contributed by atoms with Crippen LogP contribution in [0.5, 0.6) is 6.01 Å². The fourth-order valence-electron chi connectivity index (χ4n) is 1.56. The lowest BCUT2D eigenvalue weighted by atomic mass is 10.1. The predicted octanol–water partition coefficient (Wildman–Crippen LogP) is 1.69. The van der Waals surface area contributed by atoms with Gasteiger partial charge in [0.25, 0.3) is 0 Å². The van der Waals surface area contributed by atoms with Gasteiger partial charge in [-0.1, -0.05) is 29.8 Å². The van der Waals surface area contributed by atoms with Crippen LogP contribution in [0.1, 0.15) is 18.1 Å². The quantitative estimate of drug-likeness (QED) is 0.857. The number of nitrogens with one attached hydrogen (secondary N) is 2. The van der Waals surface area contributed by atoms with Gasteiger partial charge < -0.3 is 4.74 Å². The number of nitrogens with zero attached hydrogens (tertiary/aromatic N) is 2. The van der Waals surface area contributed by atoms with Crippen LogP contribution < -0.4 is 10.1 Å². The first kappa shape index (κ1) is 13.1. The molecule has 19 heavy (non-hydrogen) atoms. The molecule has 0 fully saturated rings. The first-order valence-electron chi connectivity index (χ1n) is 6.08. The highest BCUT2D eigenvalue weighted by atomic mass is 16.5. The number of aromatic amines is 1. The Labute approximate surface area is 111 Å². The molecule has 2 N–H and O–H groups in total. The minimum Gasteiger partial charge on any atom is -0.463 e. The van der Waals surface area contributed by atoms with Gasteiger partial charge in [-0.25, -0.2) is 5.10 Å². The van der Waals surface area contributed by atoms with E-state index < -0.39 is 0 Å². The van der Waals surface area contributed by atoms with Crippen LogP contribution in [0, 0.1) is 6.92 Å². The minimum atomic E-state index is -0.150. The van der Waals surface area contributed by atoms with E-state index in [4.69, 9.17) is 4.74 Å². The van der Waals surface area contributed by atoms with Crippen molar-refractivity contribution in [3.8, 4) is 6.01 Å². The zero-order valence-corrected chi connectivity index (χ0v) is 10.9. The second-order valence-corrected chi connectivity index (χ2v) is 4.11. The summed E-state index contributed by atoms with van der Waals surface area (Å²) in [7, 11) is 0. The average molecular weight is 260 g/mol. The zero-order valence-electron chi connectivity index (χ0n) is 10.9. The van der Waals surface area contributed by atoms with Crippen molar-refractivity contribution in [3.05, 3.63) is 35.4 Å². The average Bonchev–Trinajstić information content (AvgIpc) is 2.80. The molecule has 1 amide bonds. The monoisotopic (exact) mass is 260 g/mol. The lowest BCUT2D eigenvalue weighted by Gasteiger charge is -2.02. The normalized spacial score (nSPS) is 10.2. The molecule has 0 bridgehead atoms. The van der Waals surface area contributed by atoms with Gasteiger partial charge in [-0.15, -0.1) is 5.10 Å². The van der Waals surface area contributed by atoms with Crippen LogP contribution in [0.3, 0.4) is 0 Å². The van der Waals surface area contributed by atoms with Gasteiger partial charge >= 0.3 is 6.01 Å². The molecule has 0 aliphatic heterocycles. The van der Waals surface area contributed by atoms with E-state index in [1.54, 1.807) is 0 Å². The van der Waals surface area contributed by atoms with E-state index in [1.807, 2.05) is 38.1 Å². The van der Waals surface area contributed by atoms with Crippen LogP contribution in [0.25, 0.3) is 0 Å². The number of H-pyrrole nitrogens is 1. The SMILES string of the molecule is CCOc1n[nH]c(NC(=O)Cc2ccc(C)cc2)n1. The number of hydrogen-bond acceptors (Lipinski definition) is 4. The van der Waals surface area contributed by atoms with Crippen molar-refractivity contribution < 1.29 is 9.53 Å². The van der Waals surface area contributed by atoms with Crippen molar-refractivity contribution >= 4 is 11.9 Å². The van der Waals surface area contributed by atoms with Gasteiger partial charge in [0, 0.05) is 0 Å². The van der Waals surface area contributed by atoms with E-state index in [9.17, 15) is 4.79 Å². The largest absolute Gasteiger partial charge is 0.463 e. The number of carbonyl (C=O) groups is 1. The van der Waals surface area contributed by atoms with Crippen LogP contribution >= 0.6 is 0 Å². The van der Waals surface area contributed by atoms with Crippen molar-refractivity contribution in [3.63, 3.8) is 0 Å². The van der Waals surface area contributed by atoms with E-state index in [0.29, 0.717) is 19.0 Å². The van der Waals surface area contributed by atoms with Crippen LogP contribution in [0.2, 0.25) is 0 Å². The third-order valence-corrected chi connectivity index (χ3v) is 2.48. The van der Waals surface area contributed by atoms with Gasteiger partial charge in [-0.05, 0) is 19.4 Å². The molecule has 1 aromatic heterocycles. The lowest BCUT2D eigenvalue weighted by Crippen LogP contribution is -2.15. The Bertz CT molecular complexity index is 548. The predicted molar refractivity (Wildman–Crippen MR) is 71.1 cm³/mol. The molecule has 0 saturated heterocycles. The van der Waals surface area contributed by atoms with E-state index in [-0.39, 0.29) is 11.9 Å². The van der Waals surface area contributed by atoms with Gasteiger partial charge in [-0.3, -0.25) is 10.1 Å². The summed E-state index contributed by atoms with van der Waals surface area (Å²) in [6.45, 7) is 4.33. The standard InChI is InChI=1S/C13H16N4O2/c1-3-19-13-15-12(16-17-13)14-11(18)8-10-6-4-9(2)5-7-10/h4-7H,3,8H2,1-2H3,(H2,14,15,16,17,18). The highest BCUT2D eigenvalue weighted by Gasteiger charge is 2.08. The highest BCUT2D eigenvalue weighted by molar-refractivity contribution is 5.90. The fraction of sp³-hybridized carbons (Fsp3) is 0.308. The number of ether oxygens (including phenoxy) is 1. The van der Waals surface area contributed by atoms with E-state index in [0.717, 1.165) is 5.56 Å².